The number of carbonyl (C=O) groups is 1. The third kappa shape index (κ3) is 5.95. The van der Waals surface area contributed by atoms with Crippen LogP contribution in [0.2, 0.25) is 5.02 Å². The molecule has 0 saturated heterocycles. The fraction of sp³-hybridized carbons (Fsp3) is 0.381. The Morgan fingerprint density at radius 1 is 0.931 bits per heavy atom. The van der Waals surface area contributed by atoms with Crippen LogP contribution >= 0.6 is 11.6 Å². The summed E-state index contributed by atoms with van der Waals surface area (Å²) in [5.41, 5.74) is 2.13. The van der Waals surface area contributed by atoms with Gasteiger partial charge in [0, 0.05) is 44.4 Å². The van der Waals surface area contributed by atoms with E-state index in [1.807, 2.05) is 24.3 Å². The molecule has 8 heteroatoms. The normalized spacial score (nSPS) is 11.5. The maximum absolute atomic E-state index is 12.6. The zero-order valence-corrected chi connectivity index (χ0v) is 18.9. The van der Waals surface area contributed by atoms with Crippen molar-refractivity contribution in [2.45, 2.75) is 25.3 Å². The van der Waals surface area contributed by atoms with Crippen molar-refractivity contribution in [1.82, 2.24) is 9.21 Å². The van der Waals surface area contributed by atoms with Gasteiger partial charge in [-0.15, -0.1) is 0 Å². The predicted octanol–water partition coefficient (Wildman–Crippen LogP) is 3.47. The molecule has 158 valence electrons. The fourth-order valence-corrected chi connectivity index (χ4v) is 4.19. The monoisotopic (exact) mass is 437 g/mol. The van der Waals surface area contributed by atoms with Gasteiger partial charge in [-0.1, -0.05) is 23.7 Å². The minimum absolute atomic E-state index is 0.104. The van der Waals surface area contributed by atoms with Crippen molar-refractivity contribution in [2.24, 2.45) is 0 Å². The molecule has 0 N–H and O–H groups in total. The van der Waals surface area contributed by atoms with E-state index in [2.05, 4.69) is 18.7 Å². The summed E-state index contributed by atoms with van der Waals surface area (Å²) in [7, 11) is -0.689. The third-order valence-corrected chi connectivity index (χ3v) is 6.86. The van der Waals surface area contributed by atoms with E-state index < -0.39 is 10.0 Å². The molecule has 2 aromatic carbocycles. The van der Waals surface area contributed by atoms with Crippen LogP contribution in [-0.4, -0.2) is 57.3 Å². The van der Waals surface area contributed by atoms with E-state index in [9.17, 15) is 13.2 Å². The lowest BCUT2D eigenvalue weighted by molar-refractivity contribution is -0.130. The van der Waals surface area contributed by atoms with Crippen molar-refractivity contribution >= 4 is 33.2 Å². The topological polar surface area (TPSA) is 60.9 Å². The number of nitrogens with zero attached hydrogens (tertiary/aromatic N) is 3. The van der Waals surface area contributed by atoms with Crippen LogP contribution in [0.15, 0.2) is 53.4 Å². The smallest absolute Gasteiger partial charge is 0.243 e. The van der Waals surface area contributed by atoms with Crippen LogP contribution in [0.3, 0.4) is 0 Å². The first-order valence-electron chi connectivity index (χ1n) is 9.48. The highest BCUT2D eigenvalue weighted by molar-refractivity contribution is 7.89. The Bertz CT molecular complexity index is 911. The first kappa shape index (κ1) is 23.2. The van der Waals surface area contributed by atoms with Crippen LogP contribution in [0.4, 0.5) is 5.69 Å². The molecule has 0 atom stereocenters. The Balaban J connectivity index is 2.00. The van der Waals surface area contributed by atoms with E-state index in [1.54, 1.807) is 7.05 Å². The van der Waals surface area contributed by atoms with Gasteiger partial charge in [0.25, 0.3) is 0 Å². The Morgan fingerprint density at radius 3 is 2.00 bits per heavy atom. The lowest BCUT2D eigenvalue weighted by Gasteiger charge is -2.23. The molecule has 0 fully saturated rings. The molecule has 6 nitrogen and oxygen atoms in total. The van der Waals surface area contributed by atoms with E-state index in [0.717, 1.165) is 28.6 Å². The molecule has 0 aliphatic carbocycles. The zero-order valence-electron chi connectivity index (χ0n) is 17.3. The highest BCUT2D eigenvalue weighted by Gasteiger charge is 2.24. The molecule has 0 aliphatic rings. The van der Waals surface area contributed by atoms with Crippen LogP contribution in [0.25, 0.3) is 0 Å². The van der Waals surface area contributed by atoms with Crippen molar-refractivity contribution in [3.63, 3.8) is 0 Å². The minimum Gasteiger partial charge on any atom is -0.372 e. The van der Waals surface area contributed by atoms with Crippen LogP contribution in [0.1, 0.15) is 19.4 Å². The predicted molar refractivity (Wildman–Crippen MR) is 118 cm³/mol. The number of halogens is 1. The molecule has 0 aromatic heterocycles. The first-order valence-corrected chi connectivity index (χ1v) is 11.3. The van der Waals surface area contributed by atoms with Crippen LogP contribution in [0, 0.1) is 0 Å². The lowest BCUT2D eigenvalue weighted by atomic mass is 10.2. The summed E-state index contributed by atoms with van der Waals surface area (Å²) in [6.45, 7) is 6.26. The molecule has 0 radical (unpaired) electrons. The number of hydrogen-bond acceptors (Lipinski definition) is 4. The molecule has 0 bridgehead atoms. The number of likely N-dealkylation sites (N-methyl/N-ethyl adjacent to an activating group) is 2. The Kier molecular flexibility index (Phi) is 8.07. The molecule has 1 amide bonds. The summed E-state index contributed by atoms with van der Waals surface area (Å²) < 4.78 is 26.3. The van der Waals surface area contributed by atoms with E-state index in [0.29, 0.717) is 11.6 Å². The highest BCUT2D eigenvalue weighted by Crippen LogP contribution is 2.18. The van der Waals surface area contributed by atoms with E-state index in [4.69, 9.17) is 11.6 Å². The largest absolute Gasteiger partial charge is 0.372 e. The summed E-state index contributed by atoms with van der Waals surface area (Å²) in [5.74, 6) is -0.280. The van der Waals surface area contributed by atoms with Crippen LogP contribution in [0.5, 0.6) is 0 Å². The summed E-state index contributed by atoms with van der Waals surface area (Å²) in [4.78, 5) is 16.4. The van der Waals surface area contributed by atoms with Gasteiger partial charge in [-0.3, -0.25) is 4.79 Å². The van der Waals surface area contributed by atoms with Crippen LogP contribution < -0.4 is 4.90 Å². The number of hydrogen-bond donors (Lipinski definition) is 0. The zero-order chi connectivity index (χ0) is 21.6. The SMILES string of the molecule is CCN(CC)c1ccc(CN(C)C(=O)CN(C)S(=O)(=O)c2ccc(Cl)cc2)cc1. The van der Waals surface area contributed by atoms with E-state index in [1.165, 1.54) is 36.2 Å². The maximum atomic E-state index is 12.6. The lowest BCUT2D eigenvalue weighted by Crippen LogP contribution is -2.39. The molecule has 0 spiro atoms. The van der Waals surface area contributed by atoms with Crippen molar-refractivity contribution < 1.29 is 13.2 Å². The molecule has 0 saturated carbocycles. The van der Waals surface area contributed by atoms with Crippen molar-refractivity contribution in [1.29, 1.82) is 0 Å². The minimum atomic E-state index is -3.76. The molecule has 2 aromatic rings. The molecular weight excluding hydrogens is 410 g/mol. The van der Waals surface area contributed by atoms with Gasteiger partial charge in [-0.25, -0.2) is 8.42 Å². The van der Waals surface area contributed by atoms with E-state index in [-0.39, 0.29) is 17.3 Å². The second-order valence-corrected chi connectivity index (χ2v) is 9.28. The summed E-state index contributed by atoms with van der Waals surface area (Å²) in [5, 5.41) is 0.453. The van der Waals surface area contributed by atoms with Gasteiger partial charge in [-0.05, 0) is 55.8 Å². The summed E-state index contributed by atoms with van der Waals surface area (Å²) in [6, 6.07) is 13.9. The molecular formula is C21H28ClN3O3S. The maximum Gasteiger partial charge on any atom is 0.243 e. The number of anilines is 1. The number of carbonyl (C=O) groups excluding carboxylic acids is 1. The second kappa shape index (κ2) is 10.1. The second-order valence-electron chi connectivity index (χ2n) is 6.80. The number of rotatable bonds is 9. The third-order valence-electron chi connectivity index (χ3n) is 4.79. The van der Waals surface area contributed by atoms with Gasteiger partial charge >= 0.3 is 0 Å². The quantitative estimate of drug-likeness (QED) is 0.602. The average molecular weight is 438 g/mol. The number of sulfonamides is 1. The van der Waals surface area contributed by atoms with Gasteiger partial charge in [0.1, 0.15) is 0 Å². The van der Waals surface area contributed by atoms with E-state index >= 15 is 0 Å². The molecule has 0 unspecified atom stereocenters. The van der Waals surface area contributed by atoms with Gasteiger partial charge in [0.05, 0.1) is 11.4 Å². The summed E-state index contributed by atoms with van der Waals surface area (Å²) >= 11 is 5.82. The fourth-order valence-electron chi connectivity index (χ4n) is 2.95. The first-order chi connectivity index (χ1) is 13.7. The van der Waals surface area contributed by atoms with Crippen molar-refractivity contribution in [3.8, 4) is 0 Å². The standard InChI is InChI=1S/C21H28ClN3O3S/c1-5-25(6-2)19-11-7-17(8-12-19)15-23(3)21(26)16-24(4)29(27,28)20-13-9-18(22)10-14-20/h7-14H,5-6,15-16H2,1-4H3. The molecule has 29 heavy (non-hydrogen) atoms. The summed E-state index contributed by atoms with van der Waals surface area (Å²) in [6.07, 6.45) is 0. The van der Waals surface area contributed by atoms with Gasteiger partial charge in [0.15, 0.2) is 0 Å². The molecule has 0 heterocycles. The highest BCUT2D eigenvalue weighted by atomic mass is 35.5. The number of amides is 1. The van der Waals surface area contributed by atoms with Crippen molar-refractivity contribution in [3.05, 3.63) is 59.1 Å². The Labute approximate surface area is 178 Å². The van der Waals surface area contributed by atoms with Gasteiger partial charge in [0.2, 0.25) is 15.9 Å². The Morgan fingerprint density at radius 2 is 1.48 bits per heavy atom. The molecule has 2 rings (SSSR count). The molecule has 0 aliphatic heterocycles. The van der Waals surface area contributed by atoms with Crippen LogP contribution in [-0.2, 0) is 21.4 Å². The average Bonchev–Trinajstić information content (AvgIpc) is 2.70. The number of benzene rings is 2. The van der Waals surface area contributed by atoms with Gasteiger partial charge in [-0.2, -0.15) is 4.31 Å². The van der Waals surface area contributed by atoms with Gasteiger partial charge < -0.3 is 9.80 Å². The Hall–Kier alpha value is -2.09. The van der Waals surface area contributed by atoms with Crippen molar-refractivity contribution in [2.75, 3.05) is 38.6 Å².